The predicted octanol–water partition coefficient (Wildman–Crippen LogP) is 5.10. The molecule has 3 aromatic carbocycles. The zero-order chi connectivity index (χ0) is 24.7. The van der Waals surface area contributed by atoms with Gasteiger partial charge >= 0.3 is 0 Å². The van der Waals surface area contributed by atoms with E-state index in [4.69, 9.17) is 31.0 Å². The Morgan fingerprint density at radius 2 is 1.85 bits per heavy atom. The van der Waals surface area contributed by atoms with Crippen molar-refractivity contribution in [3.63, 3.8) is 0 Å². The Kier molecular flexibility index (Phi) is 8.32. The van der Waals surface area contributed by atoms with Crippen LogP contribution in [0.1, 0.15) is 17.3 Å². The molecule has 1 amide bonds. The number of anilines is 2. The quantitative estimate of drug-likeness (QED) is 0.521. The van der Waals surface area contributed by atoms with Crippen LogP contribution < -0.4 is 19.7 Å². The first-order chi connectivity index (χ1) is 16.2. The van der Waals surface area contributed by atoms with Crippen molar-refractivity contribution in [2.45, 2.75) is 13.0 Å². The first-order valence-corrected chi connectivity index (χ1v) is 10.8. The van der Waals surface area contributed by atoms with Crippen LogP contribution in [-0.2, 0) is 4.79 Å². The van der Waals surface area contributed by atoms with Crippen molar-refractivity contribution in [3.05, 3.63) is 83.1 Å². The van der Waals surface area contributed by atoms with Gasteiger partial charge in [0.2, 0.25) is 0 Å². The zero-order valence-corrected chi connectivity index (χ0v) is 19.4. The molecule has 0 aromatic heterocycles. The van der Waals surface area contributed by atoms with E-state index in [0.717, 1.165) is 18.4 Å². The number of rotatable bonds is 5. The Labute approximate surface area is 201 Å². The van der Waals surface area contributed by atoms with Crippen LogP contribution in [0.25, 0.3) is 0 Å². The van der Waals surface area contributed by atoms with E-state index in [1.165, 1.54) is 12.1 Å². The van der Waals surface area contributed by atoms with Gasteiger partial charge in [-0.2, -0.15) is 0 Å². The predicted molar refractivity (Wildman–Crippen MR) is 129 cm³/mol. The molecule has 0 saturated carbocycles. The number of aliphatic carboxylic acids is 1. The minimum Gasteiger partial charge on any atom is -0.490 e. The Bertz CT molecular complexity index is 1170. The third-order valence-electron chi connectivity index (χ3n) is 4.79. The summed E-state index contributed by atoms with van der Waals surface area (Å²) in [6.45, 7) is 2.10. The van der Waals surface area contributed by atoms with Gasteiger partial charge in [-0.25, -0.2) is 4.39 Å². The Hall–Kier alpha value is -3.78. The number of halogens is 2. The number of carbonyl (C=O) groups is 2. The van der Waals surface area contributed by atoms with Gasteiger partial charge in [0, 0.05) is 14.0 Å². The van der Waals surface area contributed by atoms with Gasteiger partial charge in [-0.05, 0) is 42.5 Å². The van der Waals surface area contributed by atoms with Crippen LogP contribution in [0.4, 0.5) is 15.8 Å². The molecule has 1 aliphatic rings. The number of para-hydroxylation sites is 3. The fourth-order valence-corrected chi connectivity index (χ4v) is 3.55. The van der Waals surface area contributed by atoms with Gasteiger partial charge < -0.3 is 24.8 Å². The molecule has 0 radical (unpaired) electrons. The number of likely N-dealkylation sites (N-methyl/N-ethyl adjacent to an activating group) is 1. The van der Waals surface area contributed by atoms with E-state index < -0.39 is 17.7 Å². The SMILES string of the molecule is CC(=O)O.CN1C[C@@H](COc2ccc(C(=O)Nc3ccccc3F)c(Cl)c2)Oc2ccccc21. The minimum atomic E-state index is -0.833. The van der Waals surface area contributed by atoms with Gasteiger partial charge in [-0.3, -0.25) is 9.59 Å². The Morgan fingerprint density at radius 3 is 2.56 bits per heavy atom. The number of carboxylic acids is 1. The second-order valence-electron chi connectivity index (χ2n) is 7.49. The minimum absolute atomic E-state index is 0.0951. The summed E-state index contributed by atoms with van der Waals surface area (Å²) >= 11 is 6.27. The van der Waals surface area contributed by atoms with E-state index in [1.54, 1.807) is 30.3 Å². The summed E-state index contributed by atoms with van der Waals surface area (Å²) in [5.41, 5.74) is 1.37. The number of hydrogen-bond donors (Lipinski definition) is 2. The Morgan fingerprint density at radius 1 is 1.18 bits per heavy atom. The molecule has 0 unspecified atom stereocenters. The molecule has 0 bridgehead atoms. The highest BCUT2D eigenvalue weighted by Gasteiger charge is 2.23. The van der Waals surface area contributed by atoms with E-state index >= 15 is 0 Å². The standard InChI is InChI=1S/C23H20ClFN2O3.C2H4O2/c1-27-13-16(30-22-9-5-4-8-21(22)27)14-29-15-10-11-17(18(24)12-15)23(28)26-20-7-3-2-6-19(20)25;1-2(3)4/h2-12,16H,13-14H2,1H3,(H,26,28);1H3,(H,3,4)/t16-;/m0./s1. The van der Waals surface area contributed by atoms with Crippen molar-refractivity contribution in [3.8, 4) is 11.5 Å². The second-order valence-corrected chi connectivity index (χ2v) is 7.90. The largest absolute Gasteiger partial charge is 0.490 e. The number of fused-ring (bicyclic) bond motifs is 1. The van der Waals surface area contributed by atoms with E-state index in [0.29, 0.717) is 18.9 Å². The zero-order valence-electron chi connectivity index (χ0n) is 18.6. The number of benzene rings is 3. The maximum absolute atomic E-state index is 13.7. The highest BCUT2D eigenvalue weighted by Crippen LogP contribution is 2.32. The monoisotopic (exact) mass is 486 g/mol. The van der Waals surface area contributed by atoms with Gasteiger partial charge in [0.15, 0.2) is 0 Å². The highest BCUT2D eigenvalue weighted by atomic mass is 35.5. The molecule has 1 heterocycles. The van der Waals surface area contributed by atoms with Crippen LogP contribution in [0.2, 0.25) is 5.02 Å². The first kappa shape index (κ1) is 24.9. The normalized spacial score (nSPS) is 14.1. The highest BCUT2D eigenvalue weighted by molar-refractivity contribution is 6.34. The lowest BCUT2D eigenvalue weighted by molar-refractivity contribution is -0.134. The number of amides is 1. The molecule has 0 spiro atoms. The summed E-state index contributed by atoms with van der Waals surface area (Å²) in [5.74, 6) is -0.503. The summed E-state index contributed by atoms with van der Waals surface area (Å²) < 4.78 is 25.6. The molecule has 0 fully saturated rings. The van der Waals surface area contributed by atoms with Gasteiger partial charge in [-0.15, -0.1) is 0 Å². The molecule has 1 aliphatic heterocycles. The van der Waals surface area contributed by atoms with E-state index in [-0.39, 0.29) is 22.4 Å². The van der Waals surface area contributed by atoms with Crippen LogP contribution in [0.15, 0.2) is 66.7 Å². The van der Waals surface area contributed by atoms with Crippen LogP contribution in [0.3, 0.4) is 0 Å². The molecule has 178 valence electrons. The second kappa shape index (κ2) is 11.4. The van der Waals surface area contributed by atoms with E-state index in [9.17, 15) is 9.18 Å². The molecular formula is C25H24ClFN2O5. The molecule has 2 N–H and O–H groups in total. The van der Waals surface area contributed by atoms with Gasteiger partial charge in [0.25, 0.3) is 11.9 Å². The molecule has 4 rings (SSSR count). The van der Waals surface area contributed by atoms with Crippen molar-refractivity contribution < 1.29 is 28.6 Å². The van der Waals surface area contributed by atoms with Crippen molar-refractivity contribution in [1.29, 1.82) is 0 Å². The number of ether oxygens (including phenoxy) is 2. The third kappa shape index (κ3) is 6.62. The molecule has 34 heavy (non-hydrogen) atoms. The molecule has 7 nitrogen and oxygen atoms in total. The maximum Gasteiger partial charge on any atom is 0.300 e. The number of carboxylic acid groups (broad SMARTS) is 1. The lowest BCUT2D eigenvalue weighted by Gasteiger charge is -2.33. The van der Waals surface area contributed by atoms with Crippen molar-refractivity contribution in [2.24, 2.45) is 0 Å². The van der Waals surface area contributed by atoms with Crippen LogP contribution in [-0.4, -0.2) is 43.3 Å². The first-order valence-electron chi connectivity index (χ1n) is 10.4. The van der Waals surface area contributed by atoms with E-state index in [1.807, 2.05) is 31.3 Å². The van der Waals surface area contributed by atoms with Crippen LogP contribution >= 0.6 is 11.6 Å². The summed E-state index contributed by atoms with van der Waals surface area (Å²) in [5, 5.41) is 10.2. The molecule has 1 atom stereocenters. The molecular weight excluding hydrogens is 463 g/mol. The average Bonchev–Trinajstić information content (AvgIpc) is 2.79. The third-order valence-corrected chi connectivity index (χ3v) is 5.10. The Balaban J connectivity index is 0.000000751. The number of nitrogens with zero attached hydrogens (tertiary/aromatic N) is 1. The van der Waals surface area contributed by atoms with Crippen molar-refractivity contribution in [1.82, 2.24) is 0 Å². The van der Waals surface area contributed by atoms with Gasteiger partial charge in [0.1, 0.15) is 30.0 Å². The van der Waals surface area contributed by atoms with E-state index in [2.05, 4.69) is 10.2 Å². The number of carbonyl (C=O) groups excluding carboxylic acids is 1. The van der Waals surface area contributed by atoms with Gasteiger partial charge in [-0.1, -0.05) is 35.9 Å². The lowest BCUT2D eigenvalue weighted by atomic mass is 10.2. The fraction of sp³-hybridized carbons (Fsp3) is 0.200. The smallest absolute Gasteiger partial charge is 0.300 e. The van der Waals surface area contributed by atoms with Crippen molar-refractivity contribution >= 4 is 34.9 Å². The topological polar surface area (TPSA) is 88.1 Å². The number of hydrogen-bond acceptors (Lipinski definition) is 5. The summed E-state index contributed by atoms with van der Waals surface area (Å²) in [6.07, 6.45) is -0.146. The molecule has 0 aliphatic carbocycles. The van der Waals surface area contributed by atoms with Crippen LogP contribution in [0.5, 0.6) is 11.5 Å². The van der Waals surface area contributed by atoms with Crippen molar-refractivity contribution in [2.75, 3.05) is 30.4 Å². The molecule has 3 aromatic rings. The molecule has 0 saturated heterocycles. The molecule has 9 heteroatoms. The van der Waals surface area contributed by atoms with Gasteiger partial charge in [0.05, 0.1) is 28.5 Å². The summed E-state index contributed by atoms with van der Waals surface area (Å²) in [6, 6.07) is 18.6. The summed E-state index contributed by atoms with van der Waals surface area (Å²) in [4.78, 5) is 23.5. The maximum atomic E-state index is 13.7. The lowest BCUT2D eigenvalue weighted by Crippen LogP contribution is -2.41. The average molecular weight is 487 g/mol. The van der Waals surface area contributed by atoms with Crippen LogP contribution in [0, 0.1) is 5.82 Å². The summed E-state index contributed by atoms with van der Waals surface area (Å²) in [7, 11) is 2.01. The number of nitrogens with one attached hydrogen (secondary N) is 1. The fourth-order valence-electron chi connectivity index (χ4n) is 3.29.